The second-order valence-corrected chi connectivity index (χ2v) is 9.41. The van der Waals surface area contributed by atoms with E-state index in [1.165, 1.54) is 16.7 Å². The zero-order chi connectivity index (χ0) is 24.2. The highest BCUT2D eigenvalue weighted by molar-refractivity contribution is 7.99. The molecule has 0 radical (unpaired) electrons. The lowest BCUT2D eigenvalue weighted by Crippen LogP contribution is -2.49. The summed E-state index contributed by atoms with van der Waals surface area (Å²) in [6.07, 6.45) is 2.52. The first kappa shape index (κ1) is 26.8. The minimum Gasteiger partial charge on any atom is -0.497 e. The summed E-state index contributed by atoms with van der Waals surface area (Å²) in [5, 5.41) is 3.01. The zero-order valence-corrected chi connectivity index (χ0v) is 21.5. The smallest absolute Gasteiger partial charge is 0.242 e. The van der Waals surface area contributed by atoms with E-state index in [0.717, 1.165) is 29.9 Å². The third kappa shape index (κ3) is 8.77. The molecular weight excluding hydrogens is 432 g/mol. The van der Waals surface area contributed by atoms with Gasteiger partial charge in [0.1, 0.15) is 11.8 Å². The maximum atomic E-state index is 13.3. The molecule has 180 valence electrons. The molecule has 2 aromatic rings. The predicted molar refractivity (Wildman–Crippen MR) is 138 cm³/mol. The maximum absolute atomic E-state index is 13.3. The summed E-state index contributed by atoms with van der Waals surface area (Å²) >= 11 is 1.59. The lowest BCUT2D eigenvalue weighted by atomic mass is 10.1. The van der Waals surface area contributed by atoms with Crippen LogP contribution in [0.25, 0.3) is 0 Å². The van der Waals surface area contributed by atoms with Gasteiger partial charge < -0.3 is 15.0 Å². The van der Waals surface area contributed by atoms with E-state index in [2.05, 4.69) is 44.3 Å². The van der Waals surface area contributed by atoms with E-state index in [4.69, 9.17) is 4.74 Å². The Hall–Kier alpha value is -2.47. The van der Waals surface area contributed by atoms with Crippen LogP contribution in [0.3, 0.4) is 0 Å². The summed E-state index contributed by atoms with van der Waals surface area (Å²) < 4.78 is 5.25. The number of methoxy groups -OCH3 is 1. The van der Waals surface area contributed by atoms with Crippen LogP contribution in [0.1, 0.15) is 55.4 Å². The van der Waals surface area contributed by atoms with E-state index >= 15 is 0 Å². The molecule has 2 aromatic carbocycles. The van der Waals surface area contributed by atoms with E-state index in [1.807, 2.05) is 31.2 Å². The van der Waals surface area contributed by atoms with Crippen LogP contribution in [0.4, 0.5) is 0 Å². The van der Waals surface area contributed by atoms with Gasteiger partial charge in [0, 0.05) is 18.8 Å². The first-order valence-corrected chi connectivity index (χ1v) is 12.9. The molecule has 33 heavy (non-hydrogen) atoms. The number of thioether (sulfide) groups is 1. The molecule has 2 rings (SSSR count). The van der Waals surface area contributed by atoms with Gasteiger partial charge in [-0.25, -0.2) is 0 Å². The topological polar surface area (TPSA) is 58.6 Å². The molecule has 0 aliphatic carbocycles. The highest BCUT2D eigenvalue weighted by atomic mass is 32.2. The largest absolute Gasteiger partial charge is 0.497 e. The molecule has 0 aromatic heterocycles. The standard InChI is InChI=1S/C27H38N2O3S/c1-6-8-13-28-27(31)25(7-2)29(17-22-9-11-24(32-5)12-10-22)26(30)19-33-18-23-15-20(3)14-21(4)16-23/h9-12,14-16,25H,6-8,13,17-19H2,1-5H3,(H,28,31)/t25-/m0/s1. The predicted octanol–water partition coefficient (Wildman–Crippen LogP) is 5.27. The van der Waals surface area contributed by atoms with Gasteiger partial charge in [-0.2, -0.15) is 0 Å². The number of rotatable bonds is 13. The van der Waals surface area contributed by atoms with Crippen LogP contribution in [0, 0.1) is 13.8 Å². The number of aryl methyl sites for hydroxylation is 2. The number of hydrogen-bond acceptors (Lipinski definition) is 4. The van der Waals surface area contributed by atoms with Crippen molar-refractivity contribution in [2.75, 3.05) is 19.4 Å². The van der Waals surface area contributed by atoms with E-state index in [1.54, 1.807) is 23.8 Å². The maximum Gasteiger partial charge on any atom is 0.242 e. The summed E-state index contributed by atoms with van der Waals surface area (Å²) in [6, 6.07) is 13.7. The van der Waals surface area contributed by atoms with Crippen molar-refractivity contribution in [1.82, 2.24) is 10.2 Å². The minimum atomic E-state index is -0.488. The molecule has 0 aliphatic rings. The molecule has 0 bridgehead atoms. The van der Waals surface area contributed by atoms with E-state index < -0.39 is 6.04 Å². The van der Waals surface area contributed by atoms with Gasteiger partial charge in [0.15, 0.2) is 0 Å². The summed E-state index contributed by atoms with van der Waals surface area (Å²) in [6.45, 7) is 9.26. The summed E-state index contributed by atoms with van der Waals surface area (Å²) in [4.78, 5) is 28.0. The van der Waals surface area contributed by atoms with Crippen molar-refractivity contribution in [2.24, 2.45) is 0 Å². The van der Waals surface area contributed by atoms with Crippen molar-refractivity contribution in [3.8, 4) is 5.75 Å². The molecule has 1 atom stereocenters. The monoisotopic (exact) mass is 470 g/mol. The highest BCUT2D eigenvalue weighted by Gasteiger charge is 2.28. The van der Waals surface area contributed by atoms with E-state index in [9.17, 15) is 9.59 Å². The number of unbranched alkanes of at least 4 members (excludes halogenated alkanes) is 1. The summed E-state index contributed by atoms with van der Waals surface area (Å²) in [7, 11) is 1.63. The van der Waals surface area contributed by atoms with Gasteiger partial charge in [-0.05, 0) is 49.9 Å². The van der Waals surface area contributed by atoms with Crippen molar-refractivity contribution in [1.29, 1.82) is 0 Å². The molecule has 0 saturated carbocycles. The first-order valence-electron chi connectivity index (χ1n) is 11.7. The van der Waals surface area contributed by atoms with Crippen molar-refractivity contribution >= 4 is 23.6 Å². The Bertz CT molecular complexity index is 878. The molecule has 6 heteroatoms. The number of ether oxygens (including phenoxy) is 1. The number of nitrogens with zero attached hydrogens (tertiary/aromatic N) is 1. The zero-order valence-electron chi connectivity index (χ0n) is 20.6. The van der Waals surface area contributed by atoms with E-state index in [0.29, 0.717) is 25.3 Å². The van der Waals surface area contributed by atoms with Gasteiger partial charge in [-0.15, -0.1) is 11.8 Å². The second kappa shape index (κ2) is 13.9. The third-order valence-corrected chi connectivity index (χ3v) is 6.49. The van der Waals surface area contributed by atoms with Crippen molar-refractivity contribution < 1.29 is 14.3 Å². The molecule has 0 spiro atoms. The highest BCUT2D eigenvalue weighted by Crippen LogP contribution is 2.20. The van der Waals surface area contributed by atoms with Gasteiger partial charge >= 0.3 is 0 Å². The third-order valence-electron chi connectivity index (χ3n) is 5.50. The molecule has 0 unspecified atom stereocenters. The van der Waals surface area contributed by atoms with Crippen LogP contribution in [0.15, 0.2) is 42.5 Å². The number of carbonyl (C=O) groups is 2. The van der Waals surface area contributed by atoms with Crippen LogP contribution in [0.2, 0.25) is 0 Å². The molecule has 1 N–H and O–H groups in total. The van der Waals surface area contributed by atoms with Gasteiger partial charge in [-0.1, -0.05) is 61.7 Å². The fourth-order valence-corrected chi connectivity index (χ4v) is 4.69. The van der Waals surface area contributed by atoms with Gasteiger partial charge in [0.05, 0.1) is 12.9 Å². The van der Waals surface area contributed by atoms with Crippen LogP contribution in [-0.4, -0.2) is 42.2 Å². The number of hydrogen-bond donors (Lipinski definition) is 1. The van der Waals surface area contributed by atoms with Gasteiger partial charge in [-0.3, -0.25) is 9.59 Å². The van der Waals surface area contributed by atoms with E-state index in [-0.39, 0.29) is 11.8 Å². The lowest BCUT2D eigenvalue weighted by Gasteiger charge is -2.30. The van der Waals surface area contributed by atoms with Gasteiger partial charge in [0.25, 0.3) is 0 Å². The Balaban J connectivity index is 2.12. The molecular formula is C27H38N2O3S. The van der Waals surface area contributed by atoms with Crippen LogP contribution < -0.4 is 10.1 Å². The van der Waals surface area contributed by atoms with Crippen LogP contribution >= 0.6 is 11.8 Å². The van der Waals surface area contributed by atoms with Crippen LogP contribution in [0.5, 0.6) is 5.75 Å². The number of nitrogens with one attached hydrogen (secondary N) is 1. The summed E-state index contributed by atoms with van der Waals surface area (Å²) in [5.74, 6) is 1.78. The Kier molecular flexibility index (Phi) is 11.3. The molecule has 2 amide bonds. The number of benzene rings is 2. The molecule has 5 nitrogen and oxygen atoms in total. The SMILES string of the molecule is CCCCNC(=O)[C@H](CC)N(Cc1ccc(OC)cc1)C(=O)CSCc1cc(C)cc(C)c1. The number of amides is 2. The quantitative estimate of drug-likeness (QED) is 0.405. The molecule has 0 saturated heterocycles. The first-order chi connectivity index (χ1) is 15.9. The normalized spacial score (nSPS) is 11.7. The minimum absolute atomic E-state index is 0.0160. The molecule has 0 fully saturated rings. The average molecular weight is 471 g/mol. The lowest BCUT2D eigenvalue weighted by molar-refractivity contribution is -0.139. The second-order valence-electron chi connectivity index (χ2n) is 8.43. The van der Waals surface area contributed by atoms with Crippen molar-refractivity contribution in [3.63, 3.8) is 0 Å². The number of carbonyl (C=O) groups excluding carboxylic acids is 2. The van der Waals surface area contributed by atoms with Crippen molar-refractivity contribution in [3.05, 3.63) is 64.7 Å². The molecule has 0 heterocycles. The Morgan fingerprint density at radius 3 is 2.27 bits per heavy atom. The molecule has 0 aliphatic heterocycles. The fourth-order valence-electron chi connectivity index (χ4n) is 3.84. The Morgan fingerprint density at radius 1 is 1.03 bits per heavy atom. The Labute approximate surface area is 203 Å². The summed E-state index contributed by atoms with van der Waals surface area (Å²) in [5.41, 5.74) is 4.65. The Morgan fingerprint density at radius 2 is 1.70 bits per heavy atom. The van der Waals surface area contributed by atoms with Crippen molar-refractivity contribution in [2.45, 2.75) is 65.3 Å². The fraction of sp³-hybridized carbons (Fsp3) is 0.481. The average Bonchev–Trinajstić information content (AvgIpc) is 2.79. The van der Waals surface area contributed by atoms with Gasteiger partial charge in [0.2, 0.25) is 11.8 Å². The van der Waals surface area contributed by atoms with Crippen LogP contribution in [-0.2, 0) is 21.9 Å².